The van der Waals surface area contributed by atoms with E-state index < -0.39 is 0 Å². The molecule has 15 heavy (non-hydrogen) atoms. The highest BCUT2D eigenvalue weighted by Gasteiger charge is 2.27. The average Bonchev–Trinajstić information content (AvgIpc) is 2.19. The molecule has 0 heterocycles. The zero-order chi connectivity index (χ0) is 11.6. The molecule has 1 nitrogen and oxygen atoms in total. The SMILES string of the molecule is CCC[Si]OC(CCC)(CCC)CCC. The van der Waals surface area contributed by atoms with E-state index in [2.05, 4.69) is 27.7 Å². The minimum absolute atomic E-state index is 0.214. The molecule has 0 N–H and O–H groups in total. The summed E-state index contributed by atoms with van der Waals surface area (Å²) >= 11 is 0. The summed E-state index contributed by atoms with van der Waals surface area (Å²) in [6.45, 7) is 9.04. The summed E-state index contributed by atoms with van der Waals surface area (Å²) in [4.78, 5) is 0. The first kappa shape index (κ1) is 15.2. The van der Waals surface area contributed by atoms with E-state index in [1.807, 2.05) is 0 Å². The molecule has 0 unspecified atom stereocenters. The van der Waals surface area contributed by atoms with Crippen LogP contribution < -0.4 is 0 Å². The predicted molar refractivity (Wildman–Crippen MR) is 69.4 cm³/mol. The molecule has 0 bridgehead atoms. The molecule has 0 aromatic carbocycles. The second-order valence-corrected chi connectivity index (χ2v) is 5.42. The van der Waals surface area contributed by atoms with Crippen LogP contribution in [0.1, 0.15) is 72.6 Å². The van der Waals surface area contributed by atoms with Crippen molar-refractivity contribution in [3.63, 3.8) is 0 Å². The molecular weight excluding hydrogens is 200 g/mol. The Bertz CT molecular complexity index is 119. The maximum atomic E-state index is 6.22. The summed E-state index contributed by atoms with van der Waals surface area (Å²) in [5.74, 6) is 0. The predicted octanol–water partition coefficient (Wildman–Crippen LogP) is 4.59. The van der Waals surface area contributed by atoms with Crippen LogP contribution in [0.5, 0.6) is 0 Å². The third kappa shape index (κ3) is 6.36. The van der Waals surface area contributed by atoms with Crippen molar-refractivity contribution in [2.45, 2.75) is 84.3 Å². The van der Waals surface area contributed by atoms with Crippen LogP contribution in [0.25, 0.3) is 0 Å². The van der Waals surface area contributed by atoms with Crippen molar-refractivity contribution in [1.29, 1.82) is 0 Å². The van der Waals surface area contributed by atoms with Crippen molar-refractivity contribution in [2.75, 3.05) is 0 Å². The number of hydrogen-bond donors (Lipinski definition) is 0. The maximum Gasteiger partial charge on any atom is 0.230 e. The molecule has 0 aliphatic rings. The fourth-order valence-electron chi connectivity index (χ4n) is 2.20. The Morgan fingerprint density at radius 2 is 1.27 bits per heavy atom. The topological polar surface area (TPSA) is 9.23 Å². The Balaban J connectivity index is 4.18. The zero-order valence-corrected chi connectivity index (χ0v) is 12.1. The molecule has 0 aliphatic carbocycles. The molecule has 0 fully saturated rings. The van der Waals surface area contributed by atoms with Gasteiger partial charge >= 0.3 is 0 Å². The van der Waals surface area contributed by atoms with Crippen molar-refractivity contribution in [3.8, 4) is 0 Å². The normalized spacial score (nSPS) is 12.0. The maximum absolute atomic E-state index is 6.22. The van der Waals surface area contributed by atoms with E-state index in [9.17, 15) is 0 Å². The minimum atomic E-state index is 0.214. The van der Waals surface area contributed by atoms with Crippen LogP contribution in [-0.2, 0) is 4.43 Å². The lowest BCUT2D eigenvalue weighted by Crippen LogP contribution is -2.33. The summed E-state index contributed by atoms with van der Waals surface area (Å²) < 4.78 is 6.22. The third-order valence-electron chi connectivity index (χ3n) is 2.76. The van der Waals surface area contributed by atoms with E-state index in [0.717, 1.165) is 0 Å². The van der Waals surface area contributed by atoms with Crippen molar-refractivity contribution < 1.29 is 4.43 Å². The van der Waals surface area contributed by atoms with E-state index in [-0.39, 0.29) is 5.60 Å². The van der Waals surface area contributed by atoms with Crippen LogP contribution in [0.4, 0.5) is 0 Å². The van der Waals surface area contributed by atoms with Crippen LogP contribution >= 0.6 is 0 Å². The van der Waals surface area contributed by atoms with Crippen molar-refractivity contribution in [3.05, 3.63) is 0 Å². The highest BCUT2D eigenvalue weighted by molar-refractivity contribution is 6.27. The lowest BCUT2D eigenvalue weighted by molar-refractivity contribution is 0.0423. The van der Waals surface area contributed by atoms with Gasteiger partial charge in [-0.2, -0.15) is 0 Å². The van der Waals surface area contributed by atoms with Crippen molar-refractivity contribution in [1.82, 2.24) is 0 Å². The Labute approximate surface area is 98.9 Å². The number of hydrogen-bond acceptors (Lipinski definition) is 1. The summed E-state index contributed by atoms with van der Waals surface area (Å²) in [6, 6.07) is 1.24. The molecule has 0 saturated carbocycles. The van der Waals surface area contributed by atoms with E-state index in [1.165, 1.54) is 51.0 Å². The molecule has 0 rings (SSSR count). The standard InChI is InChI=1S/C13H28OSi/c1-5-9-13(10-6-2,11-7-3)14-15-12-8-4/h5-12H2,1-4H3. The summed E-state index contributed by atoms with van der Waals surface area (Å²) in [7, 11) is 0.713. The van der Waals surface area contributed by atoms with Gasteiger partial charge in [0.25, 0.3) is 0 Å². The van der Waals surface area contributed by atoms with Gasteiger partial charge in [0.05, 0.1) is 5.60 Å². The summed E-state index contributed by atoms with van der Waals surface area (Å²) in [6.07, 6.45) is 8.71. The van der Waals surface area contributed by atoms with Gasteiger partial charge in [0.2, 0.25) is 9.76 Å². The van der Waals surface area contributed by atoms with E-state index in [0.29, 0.717) is 9.76 Å². The van der Waals surface area contributed by atoms with Crippen LogP contribution in [0.2, 0.25) is 6.04 Å². The van der Waals surface area contributed by atoms with Gasteiger partial charge < -0.3 is 4.43 Å². The van der Waals surface area contributed by atoms with Gasteiger partial charge in [0.1, 0.15) is 0 Å². The van der Waals surface area contributed by atoms with Gasteiger partial charge in [-0.15, -0.1) is 0 Å². The van der Waals surface area contributed by atoms with Gasteiger partial charge in [-0.05, 0) is 25.3 Å². The van der Waals surface area contributed by atoms with E-state index >= 15 is 0 Å². The molecule has 0 atom stereocenters. The minimum Gasteiger partial charge on any atom is -0.412 e. The van der Waals surface area contributed by atoms with Gasteiger partial charge in [0.15, 0.2) is 0 Å². The van der Waals surface area contributed by atoms with Crippen molar-refractivity contribution in [2.24, 2.45) is 0 Å². The number of rotatable bonds is 10. The molecule has 0 aromatic rings. The third-order valence-corrected chi connectivity index (χ3v) is 4.04. The molecule has 2 heteroatoms. The van der Waals surface area contributed by atoms with Gasteiger partial charge in [-0.3, -0.25) is 0 Å². The molecular formula is C13H28OSi. The lowest BCUT2D eigenvalue weighted by Gasteiger charge is -2.34. The first-order chi connectivity index (χ1) is 7.24. The highest BCUT2D eigenvalue weighted by Crippen LogP contribution is 2.29. The molecule has 0 spiro atoms. The Morgan fingerprint density at radius 1 is 0.800 bits per heavy atom. The van der Waals surface area contributed by atoms with E-state index in [1.54, 1.807) is 0 Å². The summed E-state index contributed by atoms with van der Waals surface area (Å²) in [5, 5.41) is 0. The second-order valence-electron chi connectivity index (χ2n) is 4.43. The average molecular weight is 228 g/mol. The highest BCUT2D eigenvalue weighted by atomic mass is 28.2. The van der Waals surface area contributed by atoms with E-state index in [4.69, 9.17) is 4.43 Å². The zero-order valence-electron chi connectivity index (χ0n) is 11.1. The fraction of sp³-hybridized carbons (Fsp3) is 1.00. The molecule has 0 aromatic heterocycles. The molecule has 2 radical (unpaired) electrons. The smallest absolute Gasteiger partial charge is 0.230 e. The Morgan fingerprint density at radius 3 is 1.60 bits per heavy atom. The van der Waals surface area contributed by atoms with Gasteiger partial charge in [0, 0.05) is 0 Å². The van der Waals surface area contributed by atoms with Gasteiger partial charge in [-0.1, -0.05) is 53.4 Å². The summed E-state index contributed by atoms with van der Waals surface area (Å²) in [5.41, 5.74) is 0.214. The second kappa shape index (κ2) is 9.41. The lowest BCUT2D eigenvalue weighted by atomic mass is 9.88. The van der Waals surface area contributed by atoms with Gasteiger partial charge in [-0.25, -0.2) is 0 Å². The molecule has 90 valence electrons. The Kier molecular flexibility index (Phi) is 9.52. The first-order valence-electron chi connectivity index (χ1n) is 6.65. The largest absolute Gasteiger partial charge is 0.412 e. The van der Waals surface area contributed by atoms with Crippen LogP contribution in [0.15, 0.2) is 0 Å². The van der Waals surface area contributed by atoms with Crippen molar-refractivity contribution >= 4 is 9.76 Å². The Hall–Kier alpha value is 0.177. The molecule has 0 saturated heterocycles. The first-order valence-corrected chi connectivity index (χ1v) is 7.77. The monoisotopic (exact) mass is 228 g/mol. The van der Waals surface area contributed by atoms with Crippen LogP contribution in [0, 0.1) is 0 Å². The fourth-order valence-corrected chi connectivity index (χ4v) is 3.12. The van der Waals surface area contributed by atoms with Crippen LogP contribution in [-0.4, -0.2) is 15.4 Å². The van der Waals surface area contributed by atoms with Crippen LogP contribution in [0.3, 0.4) is 0 Å². The molecule has 0 amide bonds. The quantitative estimate of drug-likeness (QED) is 0.392. The molecule has 0 aliphatic heterocycles.